The molecule has 0 aromatic heterocycles. The Kier molecular flexibility index (Phi) is 9.06. The molecule has 0 saturated heterocycles. The maximum atomic E-state index is 2.74. The number of benzene rings is 5. The highest BCUT2D eigenvalue weighted by molar-refractivity contribution is 7.00. The van der Waals surface area contributed by atoms with Crippen LogP contribution in [0.5, 0.6) is 0 Å². The van der Waals surface area contributed by atoms with Gasteiger partial charge in [-0.1, -0.05) is 135 Å². The van der Waals surface area contributed by atoms with Crippen molar-refractivity contribution in [3.63, 3.8) is 0 Å². The van der Waals surface area contributed by atoms with Crippen molar-refractivity contribution in [3.05, 3.63) is 123 Å². The second-order valence-corrected chi connectivity index (χ2v) is 27.8. The Morgan fingerprint density at radius 3 is 0.909 bits per heavy atom. The van der Waals surface area contributed by atoms with E-state index >= 15 is 0 Å². The molecule has 66 heavy (non-hydrogen) atoms. The maximum Gasteiger partial charge on any atom is 0.252 e. The molecule has 6 aliphatic rings. The van der Waals surface area contributed by atoms with Crippen LogP contribution >= 0.6 is 0 Å². The maximum absolute atomic E-state index is 2.74. The van der Waals surface area contributed by atoms with Crippen LogP contribution < -0.4 is 26.2 Å². The molecular formula is C63H79BN2. The first kappa shape index (κ1) is 44.3. The molecule has 5 aromatic carbocycles. The van der Waals surface area contributed by atoms with Crippen LogP contribution in [0.25, 0.3) is 0 Å². The van der Waals surface area contributed by atoms with Gasteiger partial charge in [-0.25, -0.2) is 0 Å². The Hall–Kier alpha value is -4.24. The molecule has 0 amide bonds. The van der Waals surface area contributed by atoms with E-state index < -0.39 is 0 Å². The van der Waals surface area contributed by atoms with Gasteiger partial charge in [0.05, 0.1) is 0 Å². The first-order valence-corrected chi connectivity index (χ1v) is 26.0. The zero-order valence-electron chi connectivity index (χ0n) is 44.1. The van der Waals surface area contributed by atoms with Crippen molar-refractivity contribution in [2.45, 2.75) is 212 Å². The second-order valence-electron chi connectivity index (χ2n) is 27.8. The van der Waals surface area contributed by atoms with Crippen LogP contribution in [-0.2, 0) is 43.3 Å². The fourth-order valence-electron chi connectivity index (χ4n) is 14.2. The summed E-state index contributed by atoms with van der Waals surface area (Å²) in [5.41, 5.74) is 26.8. The molecule has 2 aliphatic heterocycles. The average Bonchev–Trinajstić information content (AvgIpc) is 3.23. The van der Waals surface area contributed by atoms with Gasteiger partial charge in [0.25, 0.3) is 6.71 Å². The molecule has 0 saturated carbocycles. The lowest BCUT2D eigenvalue weighted by atomic mass is 9.32. The van der Waals surface area contributed by atoms with Gasteiger partial charge in [-0.15, -0.1) is 0 Å². The minimum atomic E-state index is 0.0796. The second kappa shape index (κ2) is 13.5. The van der Waals surface area contributed by atoms with Gasteiger partial charge in [0.2, 0.25) is 0 Å². The Bertz CT molecular complexity index is 2720. The summed E-state index contributed by atoms with van der Waals surface area (Å²) >= 11 is 0. The summed E-state index contributed by atoms with van der Waals surface area (Å²) in [5, 5.41) is 0. The molecule has 2 nitrogen and oxygen atoms in total. The van der Waals surface area contributed by atoms with Crippen LogP contribution in [0.15, 0.2) is 72.8 Å². The molecule has 0 unspecified atom stereocenters. The Morgan fingerprint density at radius 1 is 0.318 bits per heavy atom. The van der Waals surface area contributed by atoms with Gasteiger partial charge in [-0.3, -0.25) is 0 Å². The molecule has 3 heteroatoms. The minimum absolute atomic E-state index is 0.0796. The number of aryl methyl sites for hydroxylation is 1. The molecule has 2 heterocycles. The van der Waals surface area contributed by atoms with Crippen LogP contribution in [0.1, 0.15) is 212 Å². The van der Waals surface area contributed by atoms with Crippen LogP contribution in [0.3, 0.4) is 0 Å². The average molecular weight is 875 g/mol. The molecule has 344 valence electrons. The summed E-state index contributed by atoms with van der Waals surface area (Å²) in [4.78, 5) is 5.47. The van der Waals surface area contributed by atoms with Crippen LogP contribution in [0.4, 0.5) is 34.1 Å². The summed E-state index contributed by atoms with van der Waals surface area (Å²) in [6, 6.07) is 31.2. The normalized spacial score (nSPS) is 23.3. The summed E-state index contributed by atoms with van der Waals surface area (Å²) in [5.74, 6) is 0. The molecule has 0 radical (unpaired) electrons. The van der Waals surface area contributed by atoms with Crippen LogP contribution in [-0.4, -0.2) is 6.71 Å². The standard InChI is InChI=1S/C63H79BN2/c1-38-30-53-55-54(31-38)66(40-19-21-42-44(33-40)59(8,9)25-23-57(42,4)5)52-37-48-46(61(12,13)27-29-63(48,16)17)35-50(52)64(55)49-34-45-47(62(14,15)28-26-60(45,10)11)36-51(49)65(53)39-18-20-41-43(32-39)58(6,7)24-22-56(41,2)3/h18-21,30-37H,22-29H2,1-17H3. The molecule has 5 aromatic rings. The van der Waals surface area contributed by atoms with Crippen LogP contribution in [0, 0.1) is 6.92 Å². The van der Waals surface area contributed by atoms with Crippen molar-refractivity contribution < 1.29 is 0 Å². The summed E-state index contributed by atoms with van der Waals surface area (Å²) < 4.78 is 0. The number of rotatable bonds is 2. The Balaban J connectivity index is 1.27. The van der Waals surface area contributed by atoms with E-state index in [1.165, 1.54) is 141 Å². The van der Waals surface area contributed by atoms with E-state index in [1.54, 1.807) is 11.1 Å². The minimum Gasteiger partial charge on any atom is -0.311 e. The summed E-state index contributed by atoms with van der Waals surface area (Å²) in [7, 11) is 0. The van der Waals surface area contributed by atoms with Gasteiger partial charge in [-0.05, 0) is 217 Å². The van der Waals surface area contributed by atoms with Crippen LogP contribution in [0.2, 0.25) is 0 Å². The first-order chi connectivity index (χ1) is 30.5. The Morgan fingerprint density at radius 2 is 0.591 bits per heavy atom. The number of nitrogens with zero attached hydrogens (tertiary/aromatic N) is 2. The lowest BCUT2D eigenvalue weighted by Crippen LogP contribution is -2.62. The van der Waals surface area contributed by atoms with Crippen molar-refractivity contribution in [1.82, 2.24) is 0 Å². The highest BCUT2D eigenvalue weighted by Gasteiger charge is 2.49. The van der Waals surface area contributed by atoms with Crippen molar-refractivity contribution in [2.24, 2.45) is 0 Å². The molecular weight excluding hydrogens is 796 g/mol. The lowest BCUT2D eigenvalue weighted by molar-refractivity contribution is 0.332. The zero-order valence-corrected chi connectivity index (χ0v) is 44.1. The number of fused-ring (bicyclic) bond motifs is 8. The SMILES string of the molecule is Cc1cc2c3c(c1)N(c1ccc4c(c1)C(C)(C)CCC4(C)C)c1cc4c(cc1B3c1cc3c(cc1N2c1ccc2c(c1)C(C)(C)CCC2(C)C)C(C)(C)CCC3(C)C)C(C)(C)CCC4(C)C. The van der Waals surface area contributed by atoms with E-state index in [4.69, 9.17) is 0 Å². The topological polar surface area (TPSA) is 6.48 Å². The molecule has 0 spiro atoms. The molecule has 0 atom stereocenters. The third-order valence-corrected chi connectivity index (χ3v) is 19.3. The highest BCUT2D eigenvalue weighted by Crippen LogP contribution is 2.55. The third kappa shape index (κ3) is 6.25. The van der Waals surface area contributed by atoms with Gasteiger partial charge in [0.15, 0.2) is 0 Å². The smallest absolute Gasteiger partial charge is 0.252 e. The first-order valence-electron chi connectivity index (χ1n) is 26.0. The molecule has 0 fully saturated rings. The number of anilines is 6. The van der Waals surface area contributed by atoms with E-state index in [-0.39, 0.29) is 50.0 Å². The van der Waals surface area contributed by atoms with Gasteiger partial charge < -0.3 is 9.80 Å². The van der Waals surface area contributed by atoms with E-state index in [9.17, 15) is 0 Å². The predicted molar refractivity (Wildman–Crippen MR) is 286 cm³/mol. The van der Waals surface area contributed by atoms with Crippen molar-refractivity contribution in [1.29, 1.82) is 0 Å². The van der Waals surface area contributed by atoms with E-state index in [2.05, 4.69) is 200 Å². The third-order valence-electron chi connectivity index (χ3n) is 19.3. The van der Waals surface area contributed by atoms with Crippen molar-refractivity contribution in [2.75, 3.05) is 9.80 Å². The largest absolute Gasteiger partial charge is 0.311 e. The van der Waals surface area contributed by atoms with Crippen molar-refractivity contribution in [3.8, 4) is 0 Å². The van der Waals surface area contributed by atoms with Crippen molar-refractivity contribution >= 4 is 57.2 Å². The summed E-state index contributed by atoms with van der Waals surface area (Å²) in [6.07, 6.45) is 9.61. The molecule has 0 bridgehead atoms. The van der Waals surface area contributed by atoms with E-state index in [0.717, 1.165) is 0 Å². The van der Waals surface area contributed by atoms with E-state index in [1.807, 2.05) is 0 Å². The number of hydrogen-bond acceptors (Lipinski definition) is 2. The van der Waals surface area contributed by atoms with Gasteiger partial charge in [-0.2, -0.15) is 0 Å². The fraction of sp³-hybridized carbons (Fsp3) is 0.524. The lowest BCUT2D eigenvalue weighted by Gasteiger charge is -2.49. The van der Waals surface area contributed by atoms with Gasteiger partial charge in [0.1, 0.15) is 0 Å². The molecule has 11 rings (SSSR count). The highest BCUT2D eigenvalue weighted by atomic mass is 15.2. The fourth-order valence-corrected chi connectivity index (χ4v) is 14.2. The molecule has 4 aliphatic carbocycles. The monoisotopic (exact) mass is 875 g/mol. The van der Waals surface area contributed by atoms with Gasteiger partial charge >= 0.3 is 0 Å². The summed E-state index contributed by atoms with van der Waals surface area (Å²) in [6.45, 7) is 42.3. The zero-order chi connectivity index (χ0) is 47.3. The van der Waals surface area contributed by atoms with E-state index in [0.29, 0.717) is 0 Å². The Labute approximate surface area is 400 Å². The predicted octanol–water partition coefficient (Wildman–Crippen LogP) is 15.5. The quantitative estimate of drug-likeness (QED) is 0.160. The number of hydrogen-bond donors (Lipinski definition) is 0. The molecule has 0 N–H and O–H groups in total. The van der Waals surface area contributed by atoms with Gasteiger partial charge in [0, 0.05) is 34.1 Å².